The third kappa shape index (κ3) is 3.90. The van der Waals surface area contributed by atoms with E-state index in [2.05, 4.69) is 31.9 Å². The maximum atomic E-state index is 6.01. The molecule has 27 heavy (non-hydrogen) atoms. The highest BCUT2D eigenvalue weighted by Gasteiger charge is 2.17. The Balaban J connectivity index is 1.62. The maximum absolute atomic E-state index is 6.01. The minimum atomic E-state index is 0.699. The van der Waals surface area contributed by atoms with E-state index in [1.54, 1.807) is 0 Å². The molecule has 0 aliphatic carbocycles. The van der Waals surface area contributed by atoms with Gasteiger partial charge in [0, 0.05) is 38.2 Å². The smallest absolute Gasteiger partial charge is 0.168 e. The van der Waals surface area contributed by atoms with Crippen molar-refractivity contribution in [2.24, 2.45) is 0 Å². The molecule has 7 nitrogen and oxygen atoms in total. The largest absolute Gasteiger partial charge is 0.379 e. The Bertz CT molecular complexity index is 920. The van der Waals surface area contributed by atoms with Gasteiger partial charge in [-0.25, -0.2) is 14.6 Å². The van der Waals surface area contributed by atoms with Crippen molar-refractivity contribution < 1.29 is 4.74 Å². The van der Waals surface area contributed by atoms with Gasteiger partial charge in [0.2, 0.25) is 0 Å². The van der Waals surface area contributed by atoms with Gasteiger partial charge in [-0.05, 0) is 31.2 Å². The van der Waals surface area contributed by atoms with Gasteiger partial charge < -0.3 is 9.64 Å². The van der Waals surface area contributed by atoms with E-state index in [1.807, 2.05) is 42.1 Å². The number of anilines is 1. The van der Waals surface area contributed by atoms with Crippen LogP contribution in [0, 0.1) is 6.92 Å². The summed E-state index contributed by atoms with van der Waals surface area (Å²) in [5, 5.41) is 6.19. The van der Waals surface area contributed by atoms with Crippen molar-refractivity contribution in [1.29, 1.82) is 0 Å². The standard InChI is InChI=1S/C19H23ClN6O/c1-14-22-18(24(2)7-8-25-9-11-27-12-10-25)17-13-21-26(19(17)23-14)16-5-3-15(20)4-6-16/h3-6,13H,7-12H2,1-2H3. The third-order valence-electron chi connectivity index (χ3n) is 4.81. The summed E-state index contributed by atoms with van der Waals surface area (Å²) in [6, 6.07) is 7.59. The molecule has 8 heteroatoms. The Kier molecular flexibility index (Phi) is 5.24. The summed E-state index contributed by atoms with van der Waals surface area (Å²) in [5.74, 6) is 1.64. The fourth-order valence-corrected chi connectivity index (χ4v) is 3.41. The van der Waals surface area contributed by atoms with Crippen LogP contribution in [-0.2, 0) is 4.74 Å². The van der Waals surface area contributed by atoms with Gasteiger partial charge in [-0.1, -0.05) is 11.6 Å². The van der Waals surface area contributed by atoms with E-state index in [0.29, 0.717) is 5.02 Å². The van der Waals surface area contributed by atoms with Crippen LogP contribution >= 0.6 is 11.6 Å². The molecule has 0 radical (unpaired) electrons. The Hall–Kier alpha value is -2.22. The molecule has 0 saturated carbocycles. The number of aryl methyl sites for hydroxylation is 1. The number of nitrogens with zero attached hydrogens (tertiary/aromatic N) is 6. The van der Waals surface area contributed by atoms with Gasteiger partial charge in [-0.3, -0.25) is 4.90 Å². The van der Waals surface area contributed by atoms with E-state index < -0.39 is 0 Å². The van der Waals surface area contributed by atoms with E-state index in [-0.39, 0.29) is 0 Å². The topological polar surface area (TPSA) is 59.3 Å². The van der Waals surface area contributed by atoms with Gasteiger partial charge in [0.15, 0.2) is 5.65 Å². The molecule has 0 unspecified atom stereocenters. The van der Waals surface area contributed by atoms with E-state index in [0.717, 1.165) is 67.8 Å². The predicted molar refractivity (Wildman–Crippen MR) is 107 cm³/mol. The van der Waals surface area contributed by atoms with E-state index in [9.17, 15) is 0 Å². The molecule has 0 spiro atoms. The number of fused-ring (bicyclic) bond motifs is 1. The first-order valence-corrected chi connectivity index (χ1v) is 9.49. The summed E-state index contributed by atoms with van der Waals surface area (Å²) in [6.45, 7) is 7.38. The van der Waals surface area contributed by atoms with Crippen LogP contribution in [0.25, 0.3) is 16.7 Å². The highest BCUT2D eigenvalue weighted by Crippen LogP contribution is 2.25. The van der Waals surface area contributed by atoms with Crippen molar-refractivity contribution in [2.45, 2.75) is 6.92 Å². The van der Waals surface area contributed by atoms with Crippen molar-refractivity contribution >= 4 is 28.5 Å². The van der Waals surface area contributed by atoms with E-state index in [4.69, 9.17) is 16.3 Å². The Labute approximate surface area is 163 Å². The number of hydrogen-bond donors (Lipinski definition) is 0. The summed E-state index contributed by atoms with van der Waals surface area (Å²) in [4.78, 5) is 13.9. The van der Waals surface area contributed by atoms with Gasteiger partial charge in [0.1, 0.15) is 11.6 Å². The lowest BCUT2D eigenvalue weighted by Crippen LogP contribution is -2.40. The summed E-state index contributed by atoms with van der Waals surface area (Å²) in [7, 11) is 2.07. The van der Waals surface area contributed by atoms with Gasteiger partial charge >= 0.3 is 0 Å². The lowest BCUT2D eigenvalue weighted by atomic mass is 10.3. The second-order valence-corrected chi connectivity index (χ2v) is 7.18. The minimum Gasteiger partial charge on any atom is -0.379 e. The highest BCUT2D eigenvalue weighted by atomic mass is 35.5. The predicted octanol–water partition coefficient (Wildman–Crippen LogP) is 2.55. The second kappa shape index (κ2) is 7.80. The molecule has 2 aromatic heterocycles. The first kappa shape index (κ1) is 18.2. The van der Waals surface area contributed by atoms with Crippen LogP contribution in [0.5, 0.6) is 0 Å². The fourth-order valence-electron chi connectivity index (χ4n) is 3.28. The minimum absolute atomic E-state index is 0.699. The van der Waals surface area contributed by atoms with Crippen LogP contribution in [0.15, 0.2) is 30.5 Å². The maximum Gasteiger partial charge on any atom is 0.168 e. The van der Waals surface area contributed by atoms with E-state index in [1.165, 1.54) is 0 Å². The molecule has 1 aromatic carbocycles. The molecule has 0 amide bonds. The second-order valence-electron chi connectivity index (χ2n) is 6.74. The van der Waals surface area contributed by atoms with Gasteiger partial charge in [0.25, 0.3) is 0 Å². The molecule has 3 aromatic rings. The number of likely N-dealkylation sites (N-methyl/N-ethyl adjacent to an activating group) is 1. The molecule has 0 N–H and O–H groups in total. The third-order valence-corrected chi connectivity index (χ3v) is 5.06. The van der Waals surface area contributed by atoms with Crippen molar-refractivity contribution in [3.63, 3.8) is 0 Å². The molecule has 1 saturated heterocycles. The van der Waals surface area contributed by atoms with Crippen molar-refractivity contribution in [3.8, 4) is 5.69 Å². The van der Waals surface area contributed by atoms with Crippen LogP contribution in [0.2, 0.25) is 5.02 Å². The van der Waals surface area contributed by atoms with Gasteiger partial charge in [-0.2, -0.15) is 5.10 Å². The van der Waals surface area contributed by atoms with Crippen molar-refractivity contribution in [1.82, 2.24) is 24.6 Å². The number of benzene rings is 1. The van der Waals surface area contributed by atoms with Crippen molar-refractivity contribution in [3.05, 3.63) is 41.3 Å². The molecule has 1 aliphatic heterocycles. The Morgan fingerprint density at radius 3 is 2.63 bits per heavy atom. The first-order valence-electron chi connectivity index (χ1n) is 9.11. The molecule has 4 rings (SSSR count). The van der Waals surface area contributed by atoms with Gasteiger partial charge in [-0.15, -0.1) is 0 Å². The van der Waals surface area contributed by atoms with Crippen LogP contribution in [0.1, 0.15) is 5.82 Å². The summed E-state index contributed by atoms with van der Waals surface area (Å²) in [5.41, 5.74) is 1.73. The molecule has 0 atom stereocenters. The lowest BCUT2D eigenvalue weighted by Gasteiger charge is -2.29. The monoisotopic (exact) mass is 386 g/mol. The first-order chi connectivity index (χ1) is 13.1. The number of ether oxygens (including phenoxy) is 1. The van der Waals surface area contributed by atoms with Crippen LogP contribution < -0.4 is 4.90 Å². The molecular weight excluding hydrogens is 364 g/mol. The Morgan fingerprint density at radius 1 is 1.15 bits per heavy atom. The Morgan fingerprint density at radius 2 is 1.89 bits per heavy atom. The van der Waals surface area contributed by atoms with Crippen LogP contribution in [-0.4, -0.2) is 71.1 Å². The van der Waals surface area contributed by atoms with Gasteiger partial charge in [0.05, 0.1) is 30.5 Å². The van der Waals surface area contributed by atoms with Crippen LogP contribution in [0.3, 0.4) is 0 Å². The zero-order valence-electron chi connectivity index (χ0n) is 15.6. The molecular formula is C19H23ClN6O. The number of rotatable bonds is 5. The number of morpholine rings is 1. The number of halogens is 1. The molecule has 142 valence electrons. The molecule has 3 heterocycles. The quantitative estimate of drug-likeness (QED) is 0.671. The molecule has 0 bridgehead atoms. The zero-order chi connectivity index (χ0) is 18.8. The normalized spacial score (nSPS) is 15.4. The molecule has 1 aliphatic rings. The SMILES string of the molecule is Cc1nc(N(C)CCN2CCOCC2)c2cnn(-c3ccc(Cl)cc3)c2n1. The molecule has 1 fully saturated rings. The van der Waals surface area contributed by atoms with E-state index >= 15 is 0 Å². The summed E-state index contributed by atoms with van der Waals surface area (Å²) < 4.78 is 7.25. The lowest BCUT2D eigenvalue weighted by molar-refractivity contribution is 0.0393. The van der Waals surface area contributed by atoms with Crippen LogP contribution in [0.4, 0.5) is 5.82 Å². The fraction of sp³-hybridized carbons (Fsp3) is 0.421. The average Bonchev–Trinajstić information content (AvgIpc) is 3.10. The highest BCUT2D eigenvalue weighted by molar-refractivity contribution is 6.30. The number of aromatic nitrogens is 4. The summed E-state index contributed by atoms with van der Waals surface area (Å²) in [6.07, 6.45) is 1.84. The average molecular weight is 387 g/mol. The summed E-state index contributed by atoms with van der Waals surface area (Å²) >= 11 is 6.01. The number of hydrogen-bond acceptors (Lipinski definition) is 6. The zero-order valence-corrected chi connectivity index (χ0v) is 16.4. The van der Waals surface area contributed by atoms with Crippen molar-refractivity contribution in [2.75, 3.05) is 51.3 Å².